The van der Waals surface area contributed by atoms with E-state index in [-0.39, 0.29) is 0 Å². The van der Waals surface area contributed by atoms with Gasteiger partial charge in [0.05, 0.1) is 16.3 Å². The van der Waals surface area contributed by atoms with E-state index in [0.717, 1.165) is 44.6 Å². The minimum absolute atomic E-state index is 0.319. The molecule has 0 bridgehead atoms. The highest BCUT2D eigenvalue weighted by Gasteiger charge is 2.47. The summed E-state index contributed by atoms with van der Waals surface area (Å²) >= 11 is 1.78. The van der Waals surface area contributed by atoms with Crippen molar-refractivity contribution in [1.82, 2.24) is 9.88 Å². The lowest BCUT2D eigenvalue weighted by Gasteiger charge is -2.56. The Balaban J connectivity index is 1.57. The lowest BCUT2D eigenvalue weighted by atomic mass is 9.77. The van der Waals surface area contributed by atoms with E-state index in [2.05, 4.69) is 76.9 Å². The molecule has 32 heavy (non-hydrogen) atoms. The fourth-order valence-corrected chi connectivity index (χ4v) is 5.81. The molecule has 2 aromatic rings. The van der Waals surface area contributed by atoms with Crippen LogP contribution in [0, 0.1) is 6.92 Å². The summed E-state index contributed by atoms with van der Waals surface area (Å²) in [7, 11) is 4.01. The summed E-state index contributed by atoms with van der Waals surface area (Å²) in [6.45, 7) is 11.4. The van der Waals surface area contributed by atoms with Gasteiger partial charge in [0.1, 0.15) is 0 Å². The van der Waals surface area contributed by atoms with Gasteiger partial charge in [-0.15, -0.1) is 0 Å². The van der Waals surface area contributed by atoms with Crippen LogP contribution in [0.3, 0.4) is 0 Å². The third-order valence-electron chi connectivity index (χ3n) is 6.87. The maximum atomic E-state index is 4.95. The number of benzene rings is 1. The van der Waals surface area contributed by atoms with E-state index in [0.29, 0.717) is 5.54 Å². The Bertz CT molecular complexity index is 1050. The van der Waals surface area contributed by atoms with Crippen LogP contribution in [0.2, 0.25) is 0 Å². The molecule has 0 radical (unpaired) electrons. The van der Waals surface area contributed by atoms with Crippen LogP contribution in [-0.2, 0) is 0 Å². The number of allylic oxidation sites excluding steroid dienone is 2. The van der Waals surface area contributed by atoms with Gasteiger partial charge in [0.15, 0.2) is 5.13 Å². The van der Waals surface area contributed by atoms with Gasteiger partial charge in [0.25, 0.3) is 0 Å². The van der Waals surface area contributed by atoms with E-state index in [1.807, 2.05) is 13.1 Å². The fraction of sp³-hybridized carbons (Fsp3) is 0.423. The van der Waals surface area contributed by atoms with Crippen LogP contribution in [0.15, 0.2) is 40.3 Å². The largest absolute Gasteiger partial charge is 0.342 e. The molecule has 1 aromatic heterocycles. The van der Waals surface area contributed by atoms with E-state index in [1.54, 1.807) is 18.4 Å². The number of likely N-dealkylation sites (tertiary alicyclic amines) is 1. The van der Waals surface area contributed by atoms with Crippen molar-refractivity contribution < 1.29 is 0 Å². The molecule has 2 fully saturated rings. The Morgan fingerprint density at radius 1 is 1.12 bits per heavy atom. The van der Waals surface area contributed by atoms with Crippen molar-refractivity contribution in [1.29, 1.82) is 0 Å². The number of thiazole rings is 1. The molecular weight excluding hydrogens is 414 g/mol. The Hall–Kier alpha value is -2.57. The molecule has 0 atom stereocenters. The average molecular weight is 448 g/mol. The summed E-state index contributed by atoms with van der Waals surface area (Å²) in [5, 5.41) is 1.15. The van der Waals surface area contributed by atoms with Crippen molar-refractivity contribution in [2.24, 2.45) is 9.98 Å². The van der Waals surface area contributed by atoms with E-state index in [9.17, 15) is 0 Å². The molecule has 2 aliphatic rings. The molecule has 0 unspecified atom stereocenters. The molecule has 3 heterocycles. The van der Waals surface area contributed by atoms with Crippen LogP contribution in [0.1, 0.15) is 47.9 Å². The third-order valence-corrected chi connectivity index (χ3v) is 8.00. The first-order valence-corrected chi connectivity index (χ1v) is 12.1. The second-order valence-electron chi connectivity index (χ2n) is 8.77. The zero-order chi connectivity index (χ0) is 22.7. The predicted octanol–water partition coefficient (Wildman–Crippen LogP) is 5.43. The Morgan fingerprint density at radius 3 is 2.34 bits per heavy atom. The molecule has 0 saturated carbocycles. The topological polar surface area (TPSA) is 44.1 Å². The molecule has 2 aliphatic heterocycles. The summed E-state index contributed by atoms with van der Waals surface area (Å²) in [6, 6.07) is 8.42. The van der Waals surface area contributed by atoms with Crippen LogP contribution in [-0.4, -0.2) is 62.1 Å². The SMILES string of the molecule is C=N/C(=C\c1sc(N2CCC23CCN(C)CC3)nc1C)c1ccc(/C(C=NC)=C/C)cc1. The summed E-state index contributed by atoms with van der Waals surface area (Å²) in [4.78, 5) is 19.6. The molecule has 5 nitrogen and oxygen atoms in total. The lowest BCUT2D eigenvalue weighted by molar-refractivity contribution is 0.135. The Labute approximate surface area is 195 Å². The van der Waals surface area contributed by atoms with Crippen molar-refractivity contribution >= 4 is 46.7 Å². The van der Waals surface area contributed by atoms with Crippen molar-refractivity contribution in [3.05, 3.63) is 52.0 Å². The van der Waals surface area contributed by atoms with Gasteiger partial charge >= 0.3 is 0 Å². The minimum Gasteiger partial charge on any atom is -0.342 e. The number of hydrogen-bond acceptors (Lipinski definition) is 6. The summed E-state index contributed by atoms with van der Waals surface area (Å²) in [5.41, 5.74) is 5.56. The second kappa shape index (κ2) is 9.51. The Morgan fingerprint density at radius 2 is 1.78 bits per heavy atom. The Kier molecular flexibility index (Phi) is 6.72. The van der Waals surface area contributed by atoms with Crippen LogP contribution in [0.5, 0.6) is 0 Å². The smallest absolute Gasteiger partial charge is 0.186 e. The average Bonchev–Trinajstić information content (AvgIpc) is 3.14. The first-order chi connectivity index (χ1) is 15.5. The molecule has 168 valence electrons. The number of rotatable bonds is 6. The molecule has 0 aliphatic carbocycles. The minimum atomic E-state index is 0.319. The molecule has 0 amide bonds. The number of aromatic nitrogens is 1. The third kappa shape index (κ3) is 4.34. The number of nitrogens with zero attached hydrogens (tertiary/aromatic N) is 5. The van der Waals surface area contributed by atoms with Crippen LogP contribution >= 0.6 is 11.3 Å². The number of anilines is 1. The standard InChI is InChI=1S/C26H33N5S/c1-6-20(18-27-3)21-7-9-22(10-8-21)23(28-4)17-24-19(2)29-25(32-24)31-16-13-26(31)11-14-30(5)15-12-26/h6-10,17-18H,4,11-16H2,1-3,5H3/b20-6+,23-17-,27-18?. The van der Waals surface area contributed by atoms with Gasteiger partial charge < -0.3 is 9.80 Å². The zero-order valence-corrected chi connectivity index (χ0v) is 20.5. The van der Waals surface area contributed by atoms with Crippen molar-refractivity contribution in [2.75, 3.05) is 38.6 Å². The predicted molar refractivity (Wildman–Crippen MR) is 140 cm³/mol. The summed E-state index contributed by atoms with van der Waals surface area (Å²) < 4.78 is 0. The highest BCUT2D eigenvalue weighted by atomic mass is 32.1. The first kappa shape index (κ1) is 22.6. The maximum absolute atomic E-state index is 4.95. The monoisotopic (exact) mass is 447 g/mol. The van der Waals surface area contributed by atoms with E-state index in [4.69, 9.17) is 4.98 Å². The van der Waals surface area contributed by atoms with Crippen LogP contribution in [0.4, 0.5) is 5.13 Å². The summed E-state index contributed by atoms with van der Waals surface area (Å²) in [5.74, 6) is 0. The molecule has 4 rings (SSSR count). The quantitative estimate of drug-likeness (QED) is 0.555. The highest BCUT2D eigenvalue weighted by Crippen LogP contribution is 2.45. The van der Waals surface area contributed by atoms with E-state index >= 15 is 0 Å². The number of aryl methyl sites for hydroxylation is 1. The van der Waals surface area contributed by atoms with Gasteiger partial charge in [-0.25, -0.2) is 4.98 Å². The van der Waals surface area contributed by atoms with Gasteiger partial charge in [0.2, 0.25) is 0 Å². The molecule has 1 spiro atoms. The fourth-order valence-electron chi connectivity index (χ4n) is 4.67. The van der Waals surface area contributed by atoms with Gasteiger partial charge in [-0.2, -0.15) is 0 Å². The summed E-state index contributed by atoms with van der Waals surface area (Å²) in [6.07, 6.45) is 9.83. The molecule has 0 N–H and O–H groups in total. The second-order valence-corrected chi connectivity index (χ2v) is 9.78. The lowest BCUT2D eigenvalue weighted by Crippen LogP contribution is -2.64. The van der Waals surface area contributed by atoms with Crippen LogP contribution in [0.25, 0.3) is 17.3 Å². The van der Waals surface area contributed by atoms with Crippen molar-refractivity contribution in [2.45, 2.75) is 38.6 Å². The molecule has 1 aromatic carbocycles. The number of piperidine rings is 1. The number of aliphatic imine (C=N–C) groups is 2. The van der Waals surface area contributed by atoms with Gasteiger partial charge in [-0.3, -0.25) is 9.98 Å². The normalized spacial score (nSPS) is 19.6. The highest BCUT2D eigenvalue weighted by molar-refractivity contribution is 7.16. The van der Waals surface area contributed by atoms with Crippen LogP contribution < -0.4 is 4.90 Å². The van der Waals surface area contributed by atoms with E-state index < -0.39 is 0 Å². The van der Waals surface area contributed by atoms with Gasteiger partial charge in [0, 0.05) is 44.0 Å². The maximum Gasteiger partial charge on any atom is 0.186 e. The van der Waals surface area contributed by atoms with E-state index in [1.165, 1.54) is 32.4 Å². The van der Waals surface area contributed by atoms with Gasteiger partial charge in [-0.1, -0.05) is 41.7 Å². The zero-order valence-electron chi connectivity index (χ0n) is 19.6. The van der Waals surface area contributed by atoms with Crippen molar-refractivity contribution in [3.63, 3.8) is 0 Å². The molecule has 6 heteroatoms. The molecule has 2 saturated heterocycles. The van der Waals surface area contributed by atoms with Gasteiger partial charge in [-0.05, 0) is 64.1 Å². The first-order valence-electron chi connectivity index (χ1n) is 11.3. The molecular formula is C26H33N5S. The van der Waals surface area contributed by atoms with Crippen molar-refractivity contribution in [3.8, 4) is 0 Å². The number of hydrogen-bond donors (Lipinski definition) is 0.